The van der Waals surface area contributed by atoms with Gasteiger partial charge in [0.1, 0.15) is 0 Å². The molecule has 1 atom stereocenters. The fourth-order valence-corrected chi connectivity index (χ4v) is 1.71. The van der Waals surface area contributed by atoms with Crippen LogP contribution in [0, 0.1) is 0 Å². The molecule has 0 aliphatic rings. The minimum Gasteiger partial charge on any atom is -0.308 e. The number of likely N-dealkylation sites (N-methyl/N-ethyl adjacent to an activating group) is 1. The Morgan fingerprint density at radius 1 is 1.13 bits per heavy atom. The second-order valence-corrected chi connectivity index (χ2v) is 4.55. The Bertz CT molecular complexity index is 257. The van der Waals surface area contributed by atoms with E-state index >= 15 is 0 Å². The van der Waals surface area contributed by atoms with Gasteiger partial charge in [0, 0.05) is 18.6 Å². The van der Waals surface area contributed by atoms with Gasteiger partial charge < -0.3 is 10.2 Å². The number of nitrogens with zero attached hydrogens (tertiary/aromatic N) is 1. The van der Waals surface area contributed by atoms with Gasteiger partial charge in [-0.2, -0.15) is 0 Å². The van der Waals surface area contributed by atoms with E-state index in [1.54, 1.807) is 0 Å². The summed E-state index contributed by atoms with van der Waals surface area (Å²) in [7, 11) is 4.22. The van der Waals surface area contributed by atoms with Crippen LogP contribution >= 0.6 is 0 Å². The van der Waals surface area contributed by atoms with E-state index in [1.807, 2.05) is 0 Å². The van der Waals surface area contributed by atoms with Crippen molar-refractivity contribution < 1.29 is 0 Å². The zero-order valence-corrected chi connectivity index (χ0v) is 10.2. The first-order chi connectivity index (χ1) is 7.09. The summed E-state index contributed by atoms with van der Waals surface area (Å²) in [6.45, 7) is 5.40. The molecule has 84 valence electrons. The molecule has 0 saturated carbocycles. The topological polar surface area (TPSA) is 15.3 Å². The molecule has 0 spiro atoms. The van der Waals surface area contributed by atoms with Crippen LogP contribution in [0.4, 0.5) is 0 Å². The van der Waals surface area contributed by atoms with Crippen LogP contribution < -0.4 is 5.32 Å². The third kappa shape index (κ3) is 4.45. The summed E-state index contributed by atoms with van der Waals surface area (Å²) in [5.41, 5.74) is 1.36. The monoisotopic (exact) mass is 206 g/mol. The van der Waals surface area contributed by atoms with Gasteiger partial charge in [-0.3, -0.25) is 0 Å². The maximum Gasteiger partial charge on any atom is 0.0450 e. The number of benzene rings is 1. The molecule has 2 nitrogen and oxygen atoms in total. The Balaban J connectivity index is 2.72. The van der Waals surface area contributed by atoms with Crippen molar-refractivity contribution in [3.63, 3.8) is 0 Å². The lowest BCUT2D eigenvalue weighted by Gasteiger charge is -2.24. The molecular formula is C13H22N2. The van der Waals surface area contributed by atoms with Crippen LogP contribution in [0.1, 0.15) is 25.5 Å². The van der Waals surface area contributed by atoms with Crippen molar-refractivity contribution in [2.75, 3.05) is 20.6 Å². The van der Waals surface area contributed by atoms with Crippen molar-refractivity contribution >= 4 is 0 Å². The largest absolute Gasteiger partial charge is 0.308 e. The molecule has 0 fully saturated rings. The molecule has 15 heavy (non-hydrogen) atoms. The summed E-state index contributed by atoms with van der Waals surface area (Å²) in [5.74, 6) is 0. The predicted octanol–water partition coefficient (Wildman–Crippen LogP) is 2.29. The number of nitrogens with one attached hydrogen (secondary N) is 1. The zero-order valence-electron chi connectivity index (χ0n) is 10.2. The van der Waals surface area contributed by atoms with Crippen LogP contribution in [0.25, 0.3) is 0 Å². The first-order valence-electron chi connectivity index (χ1n) is 5.55. The summed E-state index contributed by atoms with van der Waals surface area (Å²) < 4.78 is 0. The van der Waals surface area contributed by atoms with Gasteiger partial charge in [-0.1, -0.05) is 44.2 Å². The molecule has 0 bridgehead atoms. The van der Waals surface area contributed by atoms with Crippen molar-refractivity contribution in [1.29, 1.82) is 0 Å². The summed E-state index contributed by atoms with van der Waals surface area (Å²) in [6, 6.07) is 11.6. The first-order valence-corrected chi connectivity index (χ1v) is 5.55. The van der Waals surface area contributed by atoms with Crippen LogP contribution in [0.3, 0.4) is 0 Å². The van der Waals surface area contributed by atoms with Crippen molar-refractivity contribution in [1.82, 2.24) is 10.2 Å². The van der Waals surface area contributed by atoms with Gasteiger partial charge in [-0.25, -0.2) is 0 Å². The predicted molar refractivity (Wildman–Crippen MR) is 66.0 cm³/mol. The standard InChI is InChI=1S/C13H22N2/c1-11(2)14-13(10-15(3)4)12-8-6-5-7-9-12/h5-9,11,13-14H,10H2,1-4H3/t13-/m0/s1. The van der Waals surface area contributed by atoms with E-state index in [0.717, 1.165) is 6.54 Å². The van der Waals surface area contributed by atoms with Crippen LogP contribution in [0.15, 0.2) is 30.3 Å². The van der Waals surface area contributed by atoms with Crippen molar-refractivity contribution in [3.05, 3.63) is 35.9 Å². The lowest BCUT2D eigenvalue weighted by atomic mass is 10.1. The molecule has 1 rings (SSSR count). The summed E-state index contributed by atoms with van der Waals surface area (Å²) in [5, 5.41) is 3.59. The molecule has 0 saturated heterocycles. The third-order valence-electron chi connectivity index (χ3n) is 2.28. The number of rotatable bonds is 5. The van der Waals surface area contributed by atoms with E-state index in [0.29, 0.717) is 12.1 Å². The van der Waals surface area contributed by atoms with Gasteiger partial charge in [-0.15, -0.1) is 0 Å². The maximum absolute atomic E-state index is 3.59. The highest BCUT2D eigenvalue weighted by molar-refractivity contribution is 5.19. The molecule has 0 unspecified atom stereocenters. The molecule has 0 heterocycles. The highest BCUT2D eigenvalue weighted by atomic mass is 15.1. The highest BCUT2D eigenvalue weighted by Gasteiger charge is 2.12. The van der Waals surface area contributed by atoms with Crippen molar-refractivity contribution in [2.24, 2.45) is 0 Å². The van der Waals surface area contributed by atoms with E-state index in [4.69, 9.17) is 0 Å². The van der Waals surface area contributed by atoms with Crippen LogP contribution in [-0.4, -0.2) is 31.6 Å². The molecule has 0 radical (unpaired) electrons. The fourth-order valence-electron chi connectivity index (χ4n) is 1.71. The van der Waals surface area contributed by atoms with E-state index in [-0.39, 0.29) is 0 Å². The molecular weight excluding hydrogens is 184 g/mol. The Kier molecular flexibility index (Phi) is 4.79. The molecule has 1 aromatic rings. The van der Waals surface area contributed by atoms with E-state index in [2.05, 4.69) is 68.5 Å². The van der Waals surface area contributed by atoms with Crippen LogP contribution in [-0.2, 0) is 0 Å². The van der Waals surface area contributed by atoms with Gasteiger partial charge in [0.15, 0.2) is 0 Å². The van der Waals surface area contributed by atoms with E-state index in [9.17, 15) is 0 Å². The van der Waals surface area contributed by atoms with Gasteiger partial charge in [0.25, 0.3) is 0 Å². The Hall–Kier alpha value is -0.860. The van der Waals surface area contributed by atoms with Gasteiger partial charge in [-0.05, 0) is 19.7 Å². The van der Waals surface area contributed by atoms with Crippen LogP contribution in [0.5, 0.6) is 0 Å². The van der Waals surface area contributed by atoms with Gasteiger partial charge >= 0.3 is 0 Å². The van der Waals surface area contributed by atoms with Crippen molar-refractivity contribution in [3.8, 4) is 0 Å². The Morgan fingerprint density at radius 2 is 1.73 bits per heavy atom. The lowest BCUT2D eigenvalue weighted by molar-refractivity contribution is 0.329. The SMILES string of the molecule is CC(C)N[C@@H](CN(C)C)c1ccccc1. The van der Waals surface area contributed by atoms with E-state index < -0.39 is 0 Å². The highest BCUT2D eigenvalue weighted by Crippen LogP contribution is 2.13. The third-order valence-corrected chi connectivity index (χ3v) is 2.28. The molecule has 1 aromatic carbocycles. The number of hydrogen-bond acceptors (Lipinski definition) is 2. The molecule has 0 aromatic heterocycles. The Labute approximate surface area is 93.3 Å². The molecule has 0 aliphatic carbocycles. The molecule has 0 amide bonds. The molecule has 1 N–H and O–H groups in total. The summed E-state index contributed by atoms with van der Waals surface area (Å²) in [6.07, 6.45) is 0. The molecule has 0 aliphatic heterocycles. The Morgan fingerprint density at radius 3 is 2.20 bits per heavy atom. The quantitative estimate of drug-likeness (QED) is 0.795. The maximum atomic E-state index is 3.59. The average Bonchev–Trinajstić information content (AvgIpc) is 2.17. The fraction of sp³-hybridized carbons (Fsp3) is 0.538. The van der Waals surface area contributed by atoms with Crippen LogP contribution in [0.2, 0.25) is 0 Å². The molecule has 2 heteroatoms. The van der Waals surface area contributed by atoms with Gasteiger partial charge in [0.2, 0.25) is 0 Å². The normalized spacial score (nSPS) is 13.5. The minimum absolute atomic E-state index is 0.418. The summed E-state index contributed by atoms with van der Waals surface area (Å²) >= 11 is 0. The zero-order chi connectivity index (χ0) is 11.3. The lowest BCUT2D eigenvalue weighted by Crippen LogP contribution is -2.35. The van der Waals surface area contributed by atoms with E-state index in [1.165, 1.54) is 5.56 Å². The average molecular weight is 206 g/mol. The van der Waals surface area contributed by atoms with Gasteiger partial charge in [0.05, 0.1) is 0 Å². The minimum atomic E-state index is 0.418. The first kappa shape index (κ1) is 12.2. The summed E-state index contributed by atoms with van der Waals surface area (Å²) in [4.78, 5) is 2.22. The smallest absolute Gasteiger partial charge is 0.0450 e. The number of hydrogen-bond donors (Lipinski definition) is 1. The van der Waals surface area contributed by atoms with Crippen molar-refractivity contribution in [2.45, 2.75) is 25.9 Å². The second-order valence-electron chi connectivity index (χ2n) is 4.55. The second kappa shape index (κ2) is 5.89.